The fourth-order valence-corrected chi connectivity index (χ4v) is 4.62. The number of amides is 1. The highest BCUT2D eigenvalue weighted by Crippen LogP contribution is 2.33. The number of carbonyl (C=O) groups is 4. The molecule has 1 amide bonds. The molecule has 3 aromatic rings. The molecule has 0 heterocycles. The van der Waals surface area contributed by atoms with Crippen LogP contribution in [0.3, 0.4) is 0 Å². The van der Waals surface area contributed by atoms with Crippen LogP contribution in [0.15, 0.2) is 65.7 Å². The molecule has 0 aliphatic heterocycles. The van der Waals surface area contributed by atoms with Crippen molar-refractivity contribution in [1.29, 1.82) is 0 Å². The molecule has 3 aromatic carbocycles. The fourth-order valence-electron chi connectivity index (χ4n) is 3.92. The summed E-state index contributed by atoms with van der Waals surface area (Å²) in [5.74, 6) is -4.07. The number of nitrogens with one attached hydrogen (secondary N) is 1. The molecule has 9 nitrogen and oxygen atoms in total. The van der Waals surface area contributed by atoms with Crippen molar-refractivity contribution < 1.29 is 24.3 Å². The molecule has 0 radical (unpaired) electrons. The Morgan fingerprint density at radius 1 is 0.900 bits per heavy atom. The number of benzene rings is 3. The molecule has 6 N–H and O–H groups in total. The summed E-state index contributed by atoms with van der Waals surface area (Å²) in [6.45, 7) is 1.65. The van der Waals surface area contributed by atoms with E-state index >= 15 is 0 Å². The van der Waals surface area contributed by atoms with Crippen molar-refractivity contribution in [2.24, 2.45) is 22.4 Å². The van der Waals surface area contributed by atoms with Crippen molar-refractivity contribution in [3.63, 3.8) is 0 Å². The lowest BCUT2D eigenvalue weighted by molar-refractivity contribution is -0.141. The Morgan fingerprint density at radius 3 is 2.15 bits per heavy atom. The third-order valence-corrected chi connectivity index (χ3v) is 6.63. The molecule has 1 atom stereocenters. The van der Waals surface area contributed by atoms with E-state index in [9.17, 15) is 24.3 Å². The molecule has 0 aromatic heterocycles. The topological polar surface area (TPSA) is 165 Å². The Labute approximate surface area is 241 Å². The molecule has 0 unspecified atom stereocenters. The first kappa shape index (κ1) is 30.3. The highest BCUT2D eigenvalue weighted by Gasteiger charge is 2.26. The molecular weight excluding hydrogens is 555 g/mol. The van der Waals surface area contributed by atoms with E-state index in [2.05, 4.69) is 10.3 Å². The van der Waals surface area contributed by atoms with E-state index in [0.717, 1.165) is 11.1 Å². The van der Waals surface area contributed by atoms with Gasteiger partial charge in [0, 0.05) is 31.4 Å². The molecule has 0 bridgehead atoms. The standard InChI is InChI=1S/C29H28Cl2N4O5/c1-16-5-7-17(8-6-16)19-12-22(30)27(23(31)13-19)25(37)14-20(28(39)40)15-34-26(38)10-9-24(36)18-3-2-4-21(11-18)35-29(32)33/h2-8,11-13,20H,9-10,14-15H2,1H3,(H,34,38)(H,39,40)(H4,32,33,35)/t20-/m0/s1. The van der Waals surface area contributed by atoms with E-state index in [1.54, 1.807) is 30.3 Å². The molecule has 0 saturated heterocycles. The van der Waals surface area contributed by atoms with E-state index in [1.165, 1.54) is 6.07 Å². The Kier molecular flexibility index (Phi) is 10.4. The number of hydrogen-bond acceptors (Lipinski definition) is 5. The minimum atomic E-state index is -1.27. The number of aryl methyl sites for hydroxylation is 1. The van der Waals surface area contributed by atoms with Crippen LogP contribution < -0.4 is 16.8 Å². The largest absolute Gasteiger partial charge is 0.481 e. The highest BCUT2D eigenvalue weighted by atomic mass is 35.5. The molecule has 208 valence electrons. The van der Waals surface area contributed by atoms with Gasteiger partial charge in [-0.1, -0.05) is 65.2 Å². The number of aliphatic carboxylic acids is 1. The second-order valence-corrected chi connectivity index (χ2v) is 9.97. The minimum absolute atomic E-state index is 0.0188. The quantitative estimate of drug-likeness (QED) is 0.133. The van der Waals surface area contributed by atoms with Crippen molar-refractivity contribution in [2.75, 3.05) is 6.54 Å². The van der Waals surface area contributed by atoms with Crippen LogP contribution in [0.4, 0.5) is 5.69 Å². The van der Waals surface area contributed by atoms with E-state index in [4.69, 9.17) is 34.7 Å². The zero-order valence-electron chi connectivity index (χ0n) is 21.6. The number of carboxylic acid groups (broad SMARTS) is 1. The van der Waals surface area contributed by atoms with Crippen LogP contribution in [-0.2, 0) is 9.59 Å². The number of halogens is 2. The number of ketones is 2. The molecule has 11 heteroatoms. The first-order valence-electron chi connectivity index (χ1n) is 12.3. The van der Waals surface area contributed by atoms with Gasteiger partial charge in [-0.15, -0.1) is 0 Å². The van der Waals surface area contributed by atoms with Crippen LogP contribution >= 0.6 is 23.2 Å². The number of nitrogens with two attached hydrogens (primary N) is 2. The molecule has 0 saturated carbocycles. The number of rotatable bonds is 12. The monoisotopic (exact) mass is 582 g/mol. The predicted molar refractivity (Wildman–Crippen MR) is 155 cm³/mol. The second-order valence-electron chi connectivity index (χ2n) is 9.16. The molecule has 0 spiro atoms. The van der Waals surface area contributed by atoms with Crippen molar-refractivity contribution in [3.8, 4) is 11.1 Å². The summed E-state index contributed by atoms with van der Waals surface area (Å²) in [5.41, 5.74) is 14.1. The number of aliphatic imine (C=N–C) groups is 1. The summed E-state index contributed by atoms with van der Waals surface area (Å²) in [7, 11) is 0. The Morgan fingerprint density at radius 2 is 1.55 bits per heavy atom. The van der Waals surface area contributed by atoms with Gasteiger partial charge in [0.15, 0.2) is 17.5 Å². The maximum atomic E-state index is 13.0. The second kappa shape index (κ2) is 13.7. The first-order valence-corrected chi connectivity index (χ1v) is 13.0. The lowest BCUT2D eigenvalue weighted by Gasteiger charge is -2.15. The smallest absolute Gasteiger partial charge is 0.308 e. The van der Waals surface area contributed by atoms with Crippen LogP contribution in [0.2, 0.25) is 10.0 Å². The van der Waals surface area contributed by atoms with E-state index in [-0.39, 0.29) is 46.7 Å². The minimum Gasteiger partial charge on any atom is -0.481 e. The third-order valence-electron chi connectivity index (χ3n) is 6.04. The average molecular weight is 583 g/mol. The lowest BCUT2D eigenvalue weighted by Crippen LogP contribution is -2.34. The summed E-state index contributed by atoms with van der Waals surface area (Å²) < 4.78 is 0. The summed E-state index contributed by atoms with van der Waals surface area (Å²) in [4.78, 5) is 53.5. The Balaban J connectivity index is 1.59. The molecule has 0 aliphatic rings. The van der Waals surface area contributed by atoms with Crippen molar-refractivity contribution >= 4 is 58.3 Å². The summed E-state index contributed by atoms with van der Waals surface area (Å²) in [5, 5.41) is 12.3. The van der Waals surface area contributed by atoms with Crippen molar-refractivity contribution in [1.82, 2.24) is 5.32 Å². The molecule has 0 fully saturated rings. The highest BCUT2D eigenvalue weighted by molar-refractivity contribution is 6.40. The average Bonchev–Trinajstić information content (AvgIpc) is 2.89. The van der Waals surface area contributed by atoms with Crippen LogP contribution in [0.25, 0.3) is 11.1 Å². The molecule has 40 heavy (non-hydrogen) atoms. The fraction of sp³-hybridized carbons (Fsp3) is 0.207. The van der Waals surface area contributed by atoms with Crippen LogP contribution in [0.1, 0.15) is 45.5 Å². The molecular formula is C29H28Cl2N4O5. The van der Waals surface area contributed by atoms with Crippen molar-refractivity contribution in [2.45, 2.75) is 26.2 Å². The maximum absolute atomic E-state index is 13.0. The summed E-state index contributed by atoms with van der Waals surface area (Å²) in [6, 6.07) is 17.2. The van der Waals surface area contributed by atoms with Crippen LogP contribution in [0.5, 0.6) is 0 Å². The van der Waals surface area contributed by atoms with Crippen LogP contribution in [-0.4, -0.2) is 41.1 Å². The van der Waals surface area contributed by atoms with Gasteiger partial charge in [-0.3, -0.25) is 19.2 Å². The molecule has 3 rings (SSSR count). The van der Waals surface area contributed by atoms with Gasteiger partial charge in [0.25, 0.3) is 0 Å². The number of nitrogens with zero attached hydrogens (tertiary/aromatic N) is 1. The predicted octanol–water partition coefficient (Wildman–Crippen LogP) is 4.93. The Bertz CT molecular complexity index is 1440. The Hall–Kier alpha value is -4.21. The van der Waals surface area contributed by atoms with Gasteiger partial charge in [0.2, 0.25) is 5.91 Å². The van der Waals surface area contributed by atoms with Crippen LogP contribution in [0, 0.1) is 12.8 Å². The van der Waals surface area contributed by atoms with Gasteiger partial charge in [-0.05, 0) is 42.3 Å². The zero-order chi connectivity index (χ0) is 29.4. The van der Waals surface area contributed by atoms with E-state index in [0.29, 0.717) is 16.8 Å². The number of Topliss-reactive ketones (excluding diaryl/α,β-unsaturated/α-hetero) is 2. The molecule has 0 aliphatic carbocycles. The van der Waals surface area contributed by atoms with Gasteiger partial charge in [-0.2, -0.15) is 0 Å². The SMILES string of the molecule is Cc1ccc(-c2cc(Cl)c(C(=O)C[C@@H](CNC(=O)CCC(=O)c3cccc(N=C(N)N)c3)C(=O)O)c(Cl)c2)cc1. The maximum Gasteiger partial charge on any atom is 0.308 e. The van der Waals surface area contributed by atoms with Crippen molar-refractivity contribution in [3.05, 3.63) is 87.4 Å². The van der Waals surface area contributed by atoms with E-state index in [1.807, 2.05) is 31.2 Å². The zero-order valence-corrected chi connectivity index (χ0v) is 23.1. The van der Waals surface area contributed by atoms with E-state index < -0.39 is 30.0 Å². The van der Waals surface area contributed by atoms with Gasteiger partial charge in [0.1, 0.15) is 0 Å². The number of hydrogen-bond donors (Lipinski definition) is 4. The van der Waals surface area contributed by atoms with Gasteiger partial charge >= 0.3 is 5.97 Å². The number of carboxylic acids is 1. The summed E-state index contributed by atoms with van der Waals surface area (Å²) in [6.07, 6.45) is -0.731. The van der Waals surface area contributed by atoms with Gasteiger partial charge in [0.05, 0.1) is 27.2 Å². The number of carbonyl (C=O) groups excluding carboxylic acids is 3. The first-order chi connectivity index (χ1) is 18.9. The van der Waals surface area contributed by atoms with Gasteiger partial charge in [-0.25, -0.2) is 4.99 Å². The number of guanidine groups is 1. The third kappa shape index (κ3) is 8.39. The normalized spacial score (nSPS) is 11.4. The summed E-state index contributed by atoms with van der Waals surface area (Å²) >= 11 is 12.8. The van der Waals surface area contributed by atoms with Gasteiger partial charge < -0.3 is 21.9 Å². The lowest BCUT2D eigenvalue weighted by atomic mass is 9.95.